The third-order valence-corrected chi connectivity index (χ3v) is 4.86. The van der Waals surface area contributed by atoms with E-state index in [0.29, 0.717) is 18.1 Å². The van der Waals surface area contributed by atoms with Crippen LogP contribution in [0.1, 0.15) is 36.8 Å². The second-order valence-electron chi connectivity index (χ2n) is 6.18. The fraction of sp³-hybridized carbons (Fsp3) is 0.625. The second kappa shape index (κ2) is 5.22. The summed E-state index contributed by atoms with van der Waals surface area (Å²) in [5, 5.41) is 0. The largest absolute Gasteiger partial charge is 0.328 e. The van der Waals surface area contributed by atoms with E-state index in [1.165, 1.54) is 18.4 Å². The SMILES string of the molecule is Cc1cc(F)ccc1CCN1C2CCC1CC(N)C2. The standard InChI is InChI=1S/C16H23FN2/c1-11-8-13(17)3-2-12(11)6-7-19-15-4-5-16(19)10-14(18)9-15/h2-3,8,14-16H,4-7,9-10,18H2,1H3. The molecule has 3 rings (SSSR count). The minimum absolute atomic E-state index is 0.134. The molecule has 0 saturated carbocycles. The van der Waals surface area contributed by atoms with Crippen molar-refractivity contribution in [1.82, 2.24) is 4.90 Å². The number of hydrogen-bond acceptors (Lipinski definition) is 2. The first-order chi connectivity index (χ1) is 9.13. The van der Waals surface area contributed by atoms with Gasteiger partial charge in [-0.15, -0.1) is 0 Å². The maximum Gasteiger partial charge on any atom is 0.123 e. The number of benzene rings is 1. The minimum atomic E-state index is -0.134. The van der Waals surface area contributed by atoms with E-state index in [1.54, 1.807) is 12.1 Å². The number of rotatable bonds is 3. The number of piperidine rings is 1. The topological polar surface area (TPSA) is 29.3 Å². The van der Waals surface area contributed by atoms with Gasteiger partial charge in [-0.25, -0.2) is 4.39 Å². The van der Waals surface area contributed by atoms with E-state index in [9.17, 15) is 4.39 Å². The molecule has 2 aliphatic heterocycles. The molecule has 19 heavy (non-hydrogen) atoms. The van der Waals surface area contributed by atoms with Crippen LogP contribution < -0.4 is 5.73 Å². The summed E-state index contributed by atoms with van der Waals surface area (Å²) in [4.78, 5) is 2.64. The first kappa shape index (κ1) is 13.1. The molecule has 2 unspecified atom stereocenters. The first-order valence-corrected chi connectivity index (χ1v) is 7.40. The normalized spacial score (nSPS) is 30.8. The summed E-state index contributed by atoms with van der Waals surface area (Å²) in [5.41, 5.74) is 8.44. The van der Waals surface area contributed by atoms with Gasteiger partial charge in [-0.3, -0.25) is 4.90 Å². The number of nitrogens with zero attached hydrogens (tertiary/aromatic N) is 1. The lowest BCUT2D eigenvalue weighted by Gasteiger charge is -2.37. The Morgan fingerprint density at radius 1 is 1.26 bits per heavy atom. The van der Waals surface area contributed by atoms with Crippen LogP contribution in [0.4, 0.5) is 4.39 Å². The molecule has 2 bridgehead atoms. The molecule has 2 saturated heterocycles. The number of aryl methyl sites for hydroxylation is 1. The lowest BCUT2D eigenvalue weighted by molar-refractivity contribution is 0.129. The van der Waals surface area contributed by atoms with Crippen molar-refractivity contribution < 1.29 is 4.39 Å². The smallest absolute Gasteiger partial charge is 0.123 e. The zero-order valence-electron chi connectivity index (χ0n) is 11.6. The van der Waals surface area contributed by atoms with Crippen molar-refractivity contribution in [3.63, 3.8) is 0 Å². The number of fused-ring (bicyclic) bond motifs is 2. The summed E-state index contributed by atoms with van der Waals surface area (Å²) in [6.45, 7) is 3.09. The monoisotopic (exact) mass is 262 g/mol. The van der Waals surface area contributed by atoms with Crippen LogP contribution in [-0.2, 0) is 6.42 Å². The van der Waals surface area contributed by atoms with Crippen LogP contribution >= 0.6 is 0 Å². The number of nitrogens with two attached hydrogens (primary N) is 1. The van der Waals surface area contributed by atoms with E-state index in [0.717, 1.165) is 31.4 Å². The van der Waals surface area contributed by atoms with Crippen LogP contribution in [0.2, 0.25) is 0 Å². The highest BCUT2D eigenvalue weighted by Crippen LogP contribution is 2.35. The molecule has 1 aromatic carbocycles. The van der Waals surface area contributed by atoms with E-state index in [-0.39, 0.29) is 5.82 Å². The van der Waals surface area contributed by atoms with E-state index >= 15 is 0 Å². The number of halogens is 1. The van der Waals surface area contributed by atoms with Crippen molar-refractivity contribution in [3.05, 3.63) is 35.1 Å². The molecule has 2 nitrogen and oxygen atoms in total. The molecule has 0 radical (unpaired) electrons. The van der Waals surface area contributed by atoms with E-state index in [1.807, 2.05) is 13.0 Å². The van der Waals surface area contributed by atoms with Gasteiger partial charge in [-0.1, -0.05) is 6.07 Å². The van der Waals surface area contributed by atoms with E-state index in [2.05, 4.69) is 4.90 Å². The van der Waals surface area contributed by atoms with Gasteiger partial charge >= 0.3 is 0 Å². The highest BCUT2D eigenvalue weighted by Gasteiger charge is 2.38. The average molecular weight is 262 g/mol. The van der Waals surface area contributed by atoms with Crippen LogP contribution in [0.5, 0.6) is 0 Å². The van der Waals surface area contributed by atoms with Crippen molar-refractivity contribution in [1.29, 1.82) is 0 Å². The summed E-state index contributed by atoms with van der Waals surface area (Å²) >= 11 is 0. The molecule has 0 amide bonds. The van der Waals surface area contributed by atoms with Gasteiger partial charge in [0.15, 0.2) is 0 Å². The predicted molar refractivity (Wildman–Crippen MR) is 75.6 cm³/mol. The fourth-order valence-corrected chi connectivity index (χ4v) is 3.87. The molecule has 0 aliphatic carbocycles. The van der Waals surface area contributed by atoms with Crippen LogP contribution in [0, 0.1) is 12.7 Å². The van der Waals surface area contributed by atoms with Gasteiger partial charge in [-0.05, 0) is 62.3 Å². The molecule has 0 aromatic heterocycles. The molecule has 3 heteroatoms. The Kier molecular flexibility index (Phi) is 3.59. The van der Waals surface area contributed by atoms with Crippen molar-refractivity contribution in [3.8, 4) is 0 Å². The third-order valence-electron chi connectivity index (χ3n) is 4.86. The maximum atomic E-state index is 13.1. The van der Waals surface area contributed by atoms with Crippen molar-refractivity contribution in [2.75, 3.05) is 6.54 Å². The van der Waals surface area contributed by atoms with Crippen LogP contribution in [-0.4, -0.2) is 29.6 Å². The summed E-state index contributed by atoms with van der Waals surface area (Å²) in [5.74, 6) is -0.134. The van der Waals surface area contributed by atoms with Gasteiger partial charge in [0.1, 0.15) is 5.82 Å². The second-order valence-corrected chi connectivity index (χ2v) is 6.18. The highest BCUT2D eigenvalue weighted by atomic mass is 19.1. The Balaban J connectivity index is 1.64. The summed E-state index contributed by atoms with van der Waals surface area (Å²) in [6.07, 6.45) is 5.94. The van der Waals surface area contributed by atoms with Crippen LogP contribution in [0.3, 0.4) is 0 Å². The molecule has 2 atom stereocenters. The Morgan fingerprint density at radius 3 is 2.58 bits per heavy atom. The molecular weight excluding hydrogens is 239 g/mol. The molecule has 2 aliphatic rings. The van der Waals surface area contributed by atoms with Gasteiger partial charge in [0.05, 0.1) is 0 Å². The molecule has 0 spiro atoms. The summed E-state index contributed by atoms with van der Waals surface area (Å²) < 4.78 is 13.1. The molecule has 2 fully saturated rings. The minimum Gasteiger partial charge on any atom is -0.328 e. The van der Waals surface area contributed by atoms with Gasteiger partial charge in [0, 0.05) is 24.7 Å². The van der Waals surface area contributed by atoms with Crippen molar-refractivity contribution in [2.24, 2.45) is 5.73 Å². The van der Waals surface area contributed by atoms with Gasteiger partial charge in [0.25, 0.3) is 0 Å². The van der Waals surface area contributed by atoms with Crippen molar-refractivity contribution >= 4 is 0 Å². The molecule has 2 heterocycles. The van der Waals surface area contributed by atoms with Crippen LogP contribution in [0.15, 0.2) is 18.2 Å². The first-order valence-electron chi connectivity index (χ1n) is 7.40. The average Bonchev–Trinajstić information content (AvgIpc) is 2.60. The van der Waals surface area contributed by atoms with Crippen LogP contribution in [0.25, 0.3) is 0 Å². The van der Waals surface area contributed by atoms with Gasteiger partial charge in [-0.2, -0.15) is 0 Å². The predicted octanol–water partition coefficient (Wildman–Crippen LogP) is 2.63. The number of hydrogen-bond donors (Lipinski definition) is 1. The third kappa shape index (κ3) is 2.67. The van der Waals surface area contributed by atoms with E-state index in [4.69, 9.17) is 5.73 Å². The molecule has 1 aromatic rings. The zero-order valence-corrected chi connectivity index (χ0v) is 11.6. The Hall–Kier alpha value is -0.930. The Bertz CT molecular complexity index is 446. The summed E-state index contributed by atoms with van der Waals surface area (Å²) in [6, 6.07) is 6.92. The van der Waals surface area contributed by atoms with Crippen molar-refractivity contribution in [2.45, 2.75) is 57.2 Å². The highest BCUT2D eigenvalue weighted by molar-refractivity contribution is 5.26. The lowest BCUT2D eigenvalue weighted by atomic mass is 9.97. The maximum absolute atomic E-state index is 13.1. The Labute approximate surface area is 114 Å². The summed E-state index contributed by atoms with van der Waals surface area (Å²) in [7, 11) is 0. The van der Waals surface area contributed by atoms with Gasteiger partial charge in [0.2, 0.25) is 0 Å². The molecule has 104 valence electrons. The molecule has 2 N–H and O–H groups in total. The fourth-order valence-electron chi connectivity index (χ4n) is 3.87. The van der Waals surface area contributed by atoms with E-state index < -0.39 is 0 Å². The quantitative estimate of drug-likeness (QED) is 0.907. The van der Waals surface area contributed by atoms with Gasteiger partial charge < -0.3 is 5.73 Å². The lowest BCUT2D eigenvalue weighted by Crippen LogP contribution is -2.48. The molecular formula is C16H23FN2. The zero-order chi connectivity index (χ0) is 13.4. The Morgan fingerprint density at radius 2 is 1.95 bits per heavy atom.